The van der Waals surface area contributed by atoms with Crippen LogP contribution in [0, 0.1) is 5.82 Å². The van der Waals surface area contributed by atoms with Gasteiger partial charge in [0.05, 0.1) is 11.9 Å². The normalized spacial score (nSPS) is 10.3. The standard InChI is InChI=1S/C10H6ClFN2O/c11-6-1-2-7(9(12)3-6)8-4-13-5-14-10(8)15/h1-5H,(H,13,14,15). The van der Waals surface area contributed by atoms with E-state index in [0.717, 1.165) is 6.07 Å². The number of halogens is 2. The van der Waals surface area contributed by atoms with Gasteiger partial charge in [-0.1, -0.05) is 11.6 Å². The van der Waals surface area contributed by atoms with Crippen LogP contribution in [0.1, 0.15) is 0 Å². The highest BCUT2D eigenvalue weighted by Crippen LogP contribution is 2.21. The summed E-state index contributed by atoms with van der Waals surface area (Å²) in [6.07, 6.45) is 2.56. The van der Waals surface area contributed by atoms with Gasteiger partial charge in [0.15, 0.2) is 0 Å². The Balaban J connectivity index is 2.65. The molecule has 0 aliphatic carbocycles. The third-order valence-electron chi connectivity index (χ3n) is 1.94. The van der Waals surface area contributed by atoms with Crippen molar-refractivity contribution in [2.75, 3.05) is 0 Å². The summed E-state index contributed by atoms with van der Waals surface area (Å²) < 4.78 is 13.5. The molecule has 5 heteroatoms. The number of aromatic amines is 1. The molecule has 1 N–H and O–H groups in total. The van der Waals surface area contributed by atoms with Gasteiger partial charge in [0, 0.05) is 16.8 Å². The summed E-state index contributed by atoms with van der Waals surface area (Å²) in [5.74, 6) is -0.541. The molecule has 0 spiro atoms. The zero-order valence-electron chi connectivity index (χ0n) is 7.50. The van der Waals surface area contributed by atoms with E-state index in [1.807, 2.05) is 0 Å². The van der Waals surface area contributed by atoms with Gasteiger partial charge in [-0.05, 0) is 18.2 Å². The summed E-state index contributed by atoms with van der Waals surface area (Å²) in [4.78, 5) is 17.5. The van der Waals surface area contributed by atoms with Gasteiger partial charge in [-0.25, -0.2) is 9.37 Å². The van der Waals surface area contributed by atoms with Crippen LogP contribution in [0.2, 0.25) is 5.02 Å². The molecule has 1 aromatic carbocycles. The van der Waals surface area contributed by atoms with Gasteiger partial charge in [0.25, 0.3) is 5.56 Å². The fourth-order valence-electron chi connectivity index (χ4n) is 1.24. The van der Waals surface area contributed by atoms with Crippen LogP contribution in [0.15, 0.2) is 35.5 Å². The molecule has 0 saturated heterocycles. The minimum Gasteiger partial charge on any atom is -0.313 e. The SMILES string of the molecule is O=c1[nH]cncc1-c1ccc(Cl)cc1F. The van der Waals surface area contributed by atoms with Crippen LogP contribution in [0.5, 0.6) is 0 Å². The highest BCUT2D eigenvalue weighted by Gasteiger charge is 2.08. The minimum absolute atomic E-state index is 0.187. The van der Waals surface area contributed by atoms with E-state index in [0.29, 0.717) is 0 Å². The van der Waals surface area contributed by atoms with Gasteiger partial charge in [0.1, 0.15) is 5.82 Å². The largest absolute Gasteiger partial charge is 0.313 e. The quantitative estimate of drug-likeness (QED) is 0.808. The maximum Gasteiger partial charge on any atom is 0.258 e. The molecule has 2 rings (SSSR count). The third kappa shape index (κ3) is 1.89. The summed E-state index contributed by atoms with van der Waals surface area (Å²) in [6.45, 7) is 0. The van der Waals surface area contributed by atoms with E-state index in [1.54, 1.807) is 0 Å². The maximum atomic E-state index is 13.5. The van der Waals surface area contributed by atoms with Crippen molar-refractivity contribution >= 4 is 11.6 Å². The van der Waals surface area contributed by atoms with Crippen LogP contribution in [0.4, 0.5) is 4.39 Å². The van der Waals surface area contributed by atoms with Crippen molar-refractivity contribution in [1.82, 2.24) is 9.97 Å². The average molecular weight is 225 g/mol. The number of benzene rings is 1. The Labute approximate surface area is 89.6 Å². The molecule has 0 aliphatic heterocycles. The fraction of sp³-hybridized carbons (Fsp3) is 0. The first kappa shape index (κ1) is 9.86. The van der Waals surface area contributed by atoms with E-state index in [-0.39, 0.29) is 21.7 Å². The number of hydrogen-bond acceptors (Lipinski definition) is 2. The molecule has 3 nitrogen and oxygen atoms in total. The van der Waals surface area contributed by atoms with Crippen LogP contribution >= 0.6 is 11.6 Å². The summed E-state index contributed by atoms with van der Waals surface area (Å²) in [6, 6.07) is 4.12. The zero-order chi connectivity index (χ0) is 10.8. The van der Waals surface area contributed by atoms with E-state index >= 15 is 0 Å². The molecular weight excluding hydrogens is 219 g/mol. The first-order valence-corrected chi connectivity index (χ1v) is 4.54. The molecule has 0 saturated carbocycles. The number of nitrogens with zero attached hydrogens (tertiary/aromatic N) is 1. The van der Waals surface area contributed by atoms with E-state index in [1.165, 1.54) is 24.7 Å². The third-order valence-corrected chi connectivity index (χ3v) is 2.17. The maximum absolute atomic E-state index is 13.5. The highest BCUT2D eigenvalue weighted by atomic mass is 35.5. The number of hydrogen-bond donors (Lipinski definition) is 1. The molecule has 0 atom stereocenters. The number of rotatable bonds is 1. The predicted molar refractivity (Wildman–Crippen MR) is 55.3 cm³/mol. The molecule has 0 fully saturated rings. The van der Waals surface area contributed by atoms with Crippen molar-refractivity contribution in [3.05, 3.63) is 51.9 Å². The number of nitrogens with one attached hydrogen (secondary N) is 1. The predicted octanol–water partition coefficient (Wildman–Crippen LogP) is 2.23. The Bertz CT molecular complexity index is 553. The van der Waals surface area contributed by atoms with Crippen LogP contribution < -0.4 is 5.56 Å². The summed E-state index contributed by atoms with van der Waals surface area (Å²) in [7, 11) is 0. The molecule has 76 valence electrons. The van der Waals surface area contributed by atoms with E-state index in [2.05, 4.69) is 9.97 Å². The lowest BCUT2D eigenvalue weighted by atomic mass is 10.1. The molecule has 0 aliphatic rings. The topological polar surface area (TPSA) is 45.8 Å². The zero-order valence-corrected chi connectivity index (χ0v) is 8.25. The Morgan fingerprint density at radius 3 is 2.80 bits per heavy atom. The molecule has 15 heavy (non-hydrogen) atoms. The summed E-state index contributed by atoms with van der Waals surface area (Å²) in [5, 5.41) is 0.288. The molecule has 1 aromatic heterocycles. The average Bonchev–Trinajstić information content (AvgIpc) is 2.20. The minimum atomic E-state index is -0.541. The lowest BCUT2D eigenvalue weighted by molar-refractivity contribution is 0.631. The van der Waals surface area contributed by atoms with Crippen LogP contribution in [-0.2, 0) is 0 Å². The Hall–Kier alpha value is -1.68. The second kappa shape index (κ2) is 3.82. The first-order chi connectivity index (χ1) is 7.18. The van der Waals surface area contributed by atoms with Crippen molar-refractivity contribution in [2.24, 2.45) is 0 Å². The Morgan fingerprint density at radius 2 is 2.13 bits per heavy atom. The van der Waals surface area contributed by atoms with Crippen LogP contribution in [0.3, 0.4) is 0 Å². The first-order valence-electron chi connectivity index (χ1n) is 4.16. The highest BCUT2D eigenvalue weighted by molar-refractivity contribution is 6.30. The van der Waals surface area contributed by atoms with Crippen molar-refractivity contribution < 1.29 is 4.39 Å². The fourth-order valence-corrected chi connectivity index (χ4v) is 1.40. The van der Waals surface area contributed by atoms with Crippen molar-refractivity contribution in [3.63, 3.8) is 0 Å². The Morgan fingerprint density at radius 1 is 1.33 bits per heavy atom. The summed E-state index contributed by atoms with van der Waals surface area (Å²) in [5.41, 5.74) is -0.00774. The second-order valence-electron chi connectivity index (χ2n) is 2.92. The van der Waals surface area contributed by atoms with Crippen molar-refractivity contribution in [1.29, 1.82) is 0 Å². The monoisotopic (exact) mass is 224 g/mol. The smallest absolute Gasteiger partial charge is 0.258 e. The molecule has 0 radical (unpaired) electrons. The van der Waals surface area contributed by atoms with Crippen LogP contribution in [-0.4, -0.2) is 9.97 Å². The molecule has 0 unspecified atom stereocenters. The van der Waals surface area contributed by atoms with Gasteiger partial charge >= 0.3 is 0 Å². The number of aromatic nitrogens is 2. The van der Waals surface area contributed by atoms with Crippen molar-refractivity contribution in [3.8, 4) is 11.1 Å². The van der Waals surface area contributed by atoms with Crippen LogP contribution in [0.25, 0.3) is 11.1 Å². The lowest BCUT2D eigenvalue weighted by Gasteiger charge is -2.01. The van der Waals surface area contributed by atoms with Gasteiger partial charge in [0.2, 0.25) is 0 Å². The van der Waals surface area contributed by atoms with Gasteiger partial charge in [-0.2, -0.15) is 0 Å². The van der Waals surface area contributed by atoms with Gasteiger partial charge in [-0.15, -0.1) is 0 Å². The van der Waals surface area contributed by atoms with E-state index < -0.39 is 5.82 Å². The second-order valence-corrected chi connectivity index (χ2v) is 3.36. The van der Waals surface area contributed by atoms with E-state index in [4.69, 9.17) is 11.6 Å². The van der Waals surface area contributed by atoms with Gasteiger partial charge in [-0.3, -0.25) is 4.79 Å². The van der Waals surface area contributed by atoms with Gasteiger partial charge < -0.3 is 4.98 Å². The van der Waals surface area contributed by atoms with Crippen molar-refractivity contribution in [2.45, 2.75) is 0 Å². The molecule has 0 amide bonds. The summed E-state index contributed by atoms with van der Waals surface area (Å²) >= 11 is 5.60. The molecule has 0 bridgehead atoms. The molecular formula is C10H6ClFN2O. The lowest BCUT2D eigenvalue weighted by Crippen LogP contribution is -2.09. The van der Waals surface area contributed by atoms with E-state index in [9.17, 15) is 9.18 Å². The molecule has 2 aromatic rings. The Kier molecular flexibility index (Phi) is 2.51. The molecule has 1 heterocycles. The number of H-pyrrole nitrogens is 1.